The molecule has 1 atom stereocenters. The molecule has 0 amide bonds. The molecule has 1 heterocycles. The summed E-state index contributed by atoms with van der Waals surface area (Å²) in [5.41, 5.74) is 0.0590. The van der Waals surface area contributed by atoms with E-state index < -0.39 is 0 Å². The highest BCUT2D eigenvalue weighted by Crippen LogP contribution is 2.08. The Hall–Kier alpha value is 0.230. The second-order valence-electron chi connectivity index (χ2n) is 1.51. The van der Waals surface area contributed by atoms with Crippen molar-refractivity contribution in [3.05, 3.63) is 0 Å². The molecule has 0 radical (unpaired) electrons. The van der Waals surface area contributed by atoms with Gasteiger partial charge in [-0.3, -0.25) is 5.14 Å². The van der Waals surface area contributed by atoms with Crippen LogP contribution in [0.15, 0.2) is 0 Å². The van der Waals surface area contributed by atoms with E-state index in [1.54, 1.807) is 0 Å². The van der Waals surface area contributed by atoms with Gasteiger partial charge in [-0.15, -0.1) is 0 Å². The maximum absolute atomic E-state index is 5.21. The quantitative estimate of drug-likeness (QED) is 0.513. The smallest absolute Gasteiger partial charge is 0.140 e. The molecule has 2 N–H and O–H groups in total. The van der Waals surface area contributed by atoms with Crippen LogP contribution < -0.4 is 5.14 Å². The van der Waals surface area contributed by atoms with Gasteiger partial charge in [0.25, 0.3) is 0 Å². The fraction of sp³-hybridized carbons (Fsp3) is 1.00. The summed E-state index contributed by atoms with van der Waals surface area (Å²) in [6.45, 7) is 2.01. The van der Waals surface area contributed by atoms with Crippen molar-refractivity contribution in [3.63, 3.8) is 0 Å². The van der Waals surface area contributed by atoms with E-state index in [9.17, 15) is 0 Å². The molecule has 0 aromatic rings. The van der Waals surface area contributed by atoms with Gasteiger partial charge in [0.05, 0.1) is 19.8 Å². The second-order valence-corrected chi connectivity index (χ2v) is 2.31. The molecule has 4 heteroatoms. The van der Waals surface area contributed by atoms with Gasteiger partial charge in [0.15, 0.2) is 0 Å². The lowest BCUT2D eigenvalue weighted by molar-refractivity contribution is -0.0498. The fourth-order valence-corrected chi connectivity index (χ4v) is 0.894. The molecular weight excluding hydrogens is 126 g/mol. The summed E-state index contributed by atoms with van der Waals surface area (Å²) in [7, 11) is 0. The zero-order chi connectivity index (χ0) is 5.82. The fourth-order valence-electron chi connectivity index (χ4n) is 0.545. The zero-order valence-electron chi connectivity index (χ0n) is 4.50. The normalized spacial score (nSPS) is 30.4. The van der Waals surface area contributed by atoms with Crippen LogP contribution >= 0.6 is 11.9 Å². The minimum atomic E-state index is 0.0590. The Balaban J connectivity index is 2.13. The van der Waals surface area contributed by atoms with E-state index in [0.717, 1.165) is 0 Å². The highest BCUT2D eigenvalue weighted by atomic mass is 32.2. The van der Waals surface area contributed by atoms with Gasteiger partial charge in [0, 0.05) is 0 Å². The molecule has 1 unspecified atom stereocenters. The van der Waals surface area contributed by atoms with Crippen LogP contribution in [0.1, 0.15) is 0 Å². The predicted molar refractivity (Wildman–Crippen MR) is 32.3 cm³/mol. The van der Waals surface area contributed by atoms with Gasteiger partial charge in [-0.2, -0.15) is 0 Å². The standard InChI is InChI=1S/C4H9NO2S/c5-8-4-3-6-1-2-7-4/h4H,1-3,5H2. The van der Waals surface area contributed by atoms with Crippen molar-refractivity contribution in [2.75, 3.05) is 19.8 Å². The van der Waals surface area contributed by atoms with Crippen molar-refractivity contribution in [1.29, 1.82) is 0 Å². The average Bonchev–Trinajstić information content (AvgIpc) is 1.90. The van der Waals surface area contributed by atoms with Crippen LogP contribution in [0.5, 0.6) is 0 Å². The van der Waals surface area contributed by atoms with E-state index in [4.69, 9.17) is 14.6 Å². The molecule has 1 rings (SSSR count). The van der Waals surface area contributed by atoms with Crippen LogP contribution in [0, 0.1) is 0 Å². The van der Waals surface area contributed by atoms with E-state index in [1.807, 2.05) is 0 Å². The number of rotatable bonds is 1. The second kappa shape index (κ2) is 3.29. The first-order valence-corrected chi connectivity index (χ1v) is 3.42. The molecule has 0 aliphatic carbocycles. The van der Waals surface area contributed by atoms with Crippen molar-refractivity contribution >= 4 is 11.9 Å². The minimum Gasteiger partial charge on any atom is -0.375 e. The van der Waals surface area contributed by atoms with Crippen LogP contribution in [-0.2, 0) is 9.47 Å². The monoisotopic (exact) mass is 135 g/mol. The molecular formula is C4H9NO2S. The highest BCUT2D eigenvalue weighted by molar-refractivity contribution is 7.97. The van der Waals surface area contributed by atoms with Crippen LogP contribution in [0.4, 0.5) is 0 Å². The third-order valence-corrected chi connectivity index (χ3v) is 1.51. The Morgan fingerprint density at radius 3 is 2.75 bits per heavy atom. The van der Waals surface area contributed by atoms with E-state index in [-0.39, 0.29) is 5.44 Å². The molecule has 0 spiro atoms. The Bertz CT molecular complexity index is 65.1. The van der Waals surface area contributed by atoms with Gasteiger partial charge < -0.3 is 9.47 Å². The van der Waals surface area contributed by atoms with Gasteiger partial charge in [-0.1, -0.05) is 11.9 Å². The number of nitrogens with two attached hydrogens (primary N) is 1. The number of ether oxygens (including phenoxy) is 2. The summed E-state index contributed by atoms with van der Waals surface area (Å²) >= 11 is 1.20. The number of hydrogen-bond donors (Lipinski definition) is 1. The molecule has 0 bridgehead atoms. The summed E-state index contributed by atoms with van der Waals surface area (Å²) in [5, 5.41) is 5.21. The maximum atomic E-state index is 5.21. The first-order valence-electron chi connectivity index (χ1n) is 2.48. The van der Waals surface area contributed by atoms with Crippen molar-refractivity contribution in [2.24, 2.45) is 5.14 Å². The van der Waals surface area contributed by atoms with Crippen LogP contribution in [0.3, 0.4) is 0 Å². The Labute approximate surface area is 52.7 Å². The predicted octanol–water partition coefficient (Wildman–Crippen LogP) is -0.0338. The molecule has 1 aliphatic heterocycles. The minimum absolute atomic E-state index is 0.0590. The lowest BCUT2D eigenvalue weighted by atomic mass is 10.6. The molecule has 8 heavy (non-hydrogen) atoms. The summed E-state index contributed by atoms with van der Waals surface area (Å²) in [6.07, 6.45) is 0. The van der Waals surface area contributed by atoms with Crippen molar-refractivity contribution < 1.29 is 9.47 Å². The lowest BCUT2D eigenvalue weighted by Gasteiger charge is -2.19. The van der Waals surface area contributed by atoms with Crippen molar-refractivity contribution in [1.82, 2.24) is 0 Å². The first-order chi connectivity index (χ1) is 3.93. The van der Waals surface area contributed by atoms with Gasteiger partial charge in [0.1, 0.15) is 5.44 Å². The first kappa shape index (κ1) is 6.35. The largest absolute Gasteiger partial charge is 0.375 e. The summed E-state index contributed by atoms with van der Waals surface area (Å²) in [6, 6.07) is 0. The van der Waals surface area contributed by atoms with Crippen molar-refractivity contribution in [2.45, 2.75) is 5.44 Å². The van der Waals surface area contributed by atoms with Crippen LogP contribution in [0.2, 0.25) is 0 Å². The molecule has 48 valence electrons. The lowest BCUT2D eigenvalue weighted by Crippen LogP contribution is -2.26. The highest BCUT2D eigenvalue weighted by Gasteiger charge is 2.11. The van der Waals surface area contributed by atoms with Crippen molar-refractivity contribution in [3.8, 4) is 0 Å². The molecule has 3 nitrogen and oxygen atoms in total. The topological polar surface area (TPSA) is 44.5 Å². The van der Waals surface area contributed by atoms with Gasteiger partial charge in [0.2, 0.25) is 0 Å². The van der Waals surface area contributed by atoms with Gasteiger partial charge >= 0.3 is 0 Å². The van der Waals surface area contributed by atoms with Crippen LogP contribution in [0.25, 0.3) is 0 Å². The molecule has 1 aliphatic rings. The number of hydrogen-bond acceptors (Lipinski definition) is 4. The van der Waals surface area contributed by atoms with E-state index >= 15 is 0 Å². The molecule has 1 fully saturated rings. The van der Waals surface area contributed by atoms with E-state index in [2.05, 4.69) is 0 Å². The third kappa shape index (κ3) is 1.63. The Morgan fingerprint density at radius 1 is 1.50 bits per heavy atom. The molecule has 0 saturated carbocycles. The molecule has 0 aromatic carbocycles. The van der Waals surface area contributed by atoms with E-state index in [1.165, 1.54) is 11.9 Å². The van der Waals surface area contributed by atoms with Gasteiger partial charge in [-0.05, 0) is 0 Å². The maximum Gasteiger partial charge on any atom is 0.140 e. The zero-order valence-corrected chi connectivity index (χ0v) is 5.32. The summed E-state index contributed by atoms with van der Waals surface area (Å²) in [4.78, 5) is 0. The molecule has 1 saturated heterocycles. The Morgan fingerprint density at radius 2 is 2.38 bits per heavy atom. The SMILES string of the molecule is NSC1COCCO1. The molecule has 0 aromatic heterocycles. The van der Waals surface area contributed by atoms with Crippen LogP contribution in [-0.4, -0.2) is 25.3 Å². The Kier molecular flexibility index (Phi) is 2.62. The van der Waals surface area contributed by atoms with Gasteiger partial charge in [-0.25, -0.2) is 0 Å². The third-order valence-electron chi connectivity index (χ3n) is 0.937. The summed E-state index contributed by atoms with van der Waals surface area (Å²) < 4.78 is 10.2. The van der Waals surface area contributed by atoms with E-state index in [0.29, 0.717) is 19.8 Å². The average molecular weight is 135 g/mol. The summed E-state index contributed by atoms with van der Waals surface area (Å²) in [5.74, 6) is 0.